The van der Waals surface area contributed by atoms with Crippen LogP contribution in [0.2, 0.25) is 0 Å². The lowest BCUT2D eigenvalue weighted by Gasteiger charge is -2.40. The zero-order valence-electron chi connectivity index (χ0n) is 13.3. The number of rotatable bonds is 4. The van der Waals surface area contributed by atoms with Gasteiger partial charge in [0.2, 0.25) is 5.91 Å². The van der Waals surface area contributed by atoms with Gasteiger partial charge < -0.3 is 14.4 Å². The van der Waals surface area contributed by atoms with Crippen molar-refractivity contribution >= 4 is 5.91 Å². The second kappa shape index (κ2) is 6.80. The van der Waals surface area contributed by atoms with E-state index in [4.69, 9.17) is 9.47 Å². The van der Waals surface area contributed by atoms with Crippen molar-refractivity contribution < 1.29 is 14.3 Å². The molecule has 0 spiro atoms. The average molecular weight is 303 g/mol. The fraction of sp³-hybridized carbons (Fsp3) is 0.611. The lowest BCUT2D eigenvalue weighted by molar-refractivity contribution is -0.193. The molecule has 3 rings (SSSR count). The Balaban J connectivity index is 1.54. The predicted octanol–water partition coefficient (Wildman–Crippen LogP) is 2.62. The third-order valence-electron chi connectivity index (χ3n) is 4.85. The molecule has 2 aliphatic rings. The van der Waals surface area contributed by atoms with Crippen molar-refractivity contribution in [1.29, 1.82) is 0 Å². The molecule has 0 aliphatic carbocycles. The molecular formula is C18H25NO3. The van der Waals surface area contributed by atoms with E-state index in [1.54, 1.807) is 0 Å². The van der Waals surface area contributed by atoms with E-state index in [9.17, 15) is 4.79 Å². The van der Waals surface area contributed by atoms with Crippen molar-refractivity contribution in [2.75, 3.05) is 26.3 Å². The lowest BCUT2D eigenvalue weighted by Crippen LogP contribution is -2.48. The molecule has 1 atom stereocenters. The van der Waals surface area contributed by atoms with E-state index in [1.807, 2.05) is 30.0 Å². The van der Waals surface area contributed by atoms with Crippen LogP contribution < -0.4 is 0 Å². The van der Waals surface area contributed by atoms with Gasteiger partial charge in [0.25, 0.3) is 0 Å². The van der Waals surface area contributed by atoms with Gasteiger partial charge in [-0.3, -0.25) is 4.79 Å². The Hall–Kier alpha value is -1.39. The quantitative estimate of drug-likeness (QED) is 0.858. The number of hydrogen-bond donors (Lipinski definition) is 0. The van der Waals surface area contributed by atoms with Gasteiger partial charge in [-0.1, -0.05) is 30.3 Å². The molecule has 1 aromatic carbocycles. The van der Waals surface area contributed by atoms with Crippen LogP contribution in [0.15, 0.2) is 30.3 Å². The Kier molecular flexibility index (Phi) is 4.79. The van der Waals surface area contributed by atoms with E-state index in [0.29, 0.717) is 19.6 Å². The Morgan fingerprint density at radius 1 is 1.27 bits per heavy atom. The first-order valence-electron chi connectivity index (χ1n) is 8.27. The smallest absolute Gasteiger partial charge is 0.222 e. The first-order valence-corrected chi connectivity index (χ1v) is 8.27. The second-order valence-corrected chi connectivity index (χ2v) is 6.38. The highest BCUT2D eigenvalue weighted by atomic mass is 16.7. The summed E-state index contributed by atoms with van der Waals surface area (Å²) in [5.74, 6) is 0.0258. The summed E-state index contributed by atoms with van der Waals surface area (Å²) in [6.45, 7) is 4.96. The first kappa shape index (κ1) is 15.5. The maximum atomic E-state index is 12.5. The number of likely N-dealkylation sites (tertiary alicyclic amines) is 1. The molecule has 0 aromatic heterocycles. The number of ether oxygens (including phenoxy) is 2. The van der Waals surface area contributed by atoms with Gasteiger partial charge in [0, 0.05) is 25.4 Å². The van der Waals surface area contributed by atoms with Gasteiger partial charge in [0.05, 0.1) is 13.2 Å². The number of amides is 1. The molecule has 1 aromatic rings. The number of aryl methyl sites for hydroxylation is 1. The van der Waals surface area contributed by atoms with Gasteiger partial charge in [0.1, 0.15) is 0 Å². The summed E-state index contributed by atoms with van der Waals surface area (Å²) in [6, 6.07) is 10.2. The molecule has 0 radical (unpaired) electrons. The number of carbonyl (C=O) groups excluding carboxylic acids is 1. The molecule has 0 saturated carbocycles. The van der Waals surface area contributed by atoms with Crippen LogP contribution in [0.4, 0.5) is 0 Å². The van der Waals surface area contributed by atoms with Crippen LogP contribution in [0.1, 0.15) is 31.7 Å². The van der Waals surface area contributed by atoms with Crippen LogP contribution in [0.5, 0.6) is 0 Å². The number of carbonyl (C=O) groups is 1. The third kappa shape index (κ3) is 3.50. The summed E-state index contributed by atoms with van der Waals surface area (Å²) in [6.07, 6.45) is 3.49. The number of benzene rings is 1. The Labute approximate surface area is 132 Å². The minimum atomic E-state index is -0.502. The van der Waals surface area contributed by atoms with Crippen LogP contribution in [-0.4, -0.2) is 42.9 Å². The fourth-order valence-corrected chi connectivity index (χ4v) is 3.45. The molecule has 22 heavy (non-hydrogen) atoms. The van der Waals surface area contributed by atoms with E-state index in [2.05, 4.69) is 12.1 Å². The van der Waals surface area contributed by atoms with Gasteiger partial charge >= 0.3 is 0 Å². The predicted molar refractivity (Wildman–Crippen MR) is 84.4 cm³/mol. The molecule has 1 amide bonds. The highest BCUT2D eigenvalue weighted by Crippen LogP contribution is 2.34. The van der Waals surface area contributed by atoms with Crippen LogP contribution in [-0.2, 0) is 20.7 Å². The molecule has 2 fully saturated rings. The minimum absolute atomic E-state index is 0.246. The standard InChI is InChI=1S/C18H25NO3/c1-18(21-12-13-22-18)16-8-5-11-19(14-16)17(20)10-9-15-6-3-2-4-7-15/h2-4,6-7,16H,5,8-14H2,1H3/t16-/m0/s1. The Bertz CT molecular complexity index is 496. The summed E-state index contributed by atoms with van der Waals surface area (Å²) >= 11 is 0. The highest BCUT2D eigenvalue weighted by molar-refractivity contribution is 5.76. The molecule has 4 nitrogen and oxygen atoms in total. The van der Waals surface area contributed by atoms with Gasteiger partial charge in [0.15, 0.2) is 5.79 Å². The largest absolute Gasteiger partial charge is 0.347 e. The van der Waals surface area contributed by atoms with Crippen molar-refractivity contribution in [3.63, 3.8) is 0 Å². The summed E-state index contributed by atoms with van der Waals surface area (Å²) in [7, 11) is 0. The van der Waals surface area contributed by atoms with Gasteiger partial charge in [-0.2, -0.15) is 0 Å². The maximum absolute atomic E-state index is 12.5. The van der Waals surface area contributed by atoms with E-state index in [0.717, 1.165) is 32.4 Å². The Morgan fingerprint density at radius 2 is 2.00 bits per heavy atom. The third-order valence-corrected chi connectivity index (χ3v) is 4.85. The average Bonchev–Trinajstić information content (AvgIpc) is 3.02. The molecule has 2 heterocycles. The van der Waals surface area contributed by atoms with E-state index in [1.165, 1.54) is 5.56 Å². The summed E-state index contributed by atoms with van der Waals surface area (Å²) in [5, 5.41) is 0. The van der Waals surface area contributed by atoms with Crippen molar-refractivity contribution in [2.45, 2.75) is 38.4 Å². The topological polar surface area (TPSA) is 38.8 Å². The van der Waals surface area contributed by atoms with E-state index < -0.39 is 5.79 Å². The van der Waals surface area contributed by atoms with Gasteiger partial charge in [-0.25, -0.2) is 0 Å². The van der Waals surface area contributed by atoms with Crippen LogP contribution in [0.3, 0.4) is 0 Å². The highest BCUT2D eigenvalue weighted by Gasteiger charge is 2.42. The molecule has 2 saturated heterocycles. The van der Waals surface area contributed by atoms with Crippen LogP contribution in [0, 0.1) is 5.92 Å². The number of nitrogens with zero attached hydrogens (tertiary/aromatic N) is 1. The monoisotopic (exact) mass is 303 g/mol. The number of piperidine rings is 1. The summed E-state index contributed by atoms with van der Waals surface area (Å²) in [5.41, 5.74) is 1.22. The minimum Gasteiger partial charge on any atom is -0.347 e. The molecule has 0 N–H and O–H groups in total. The zero-order chi connectivity index (χ0) is 15.4. The normalized spacial score (nSPS) is 24.4. The molecular weight excluding hydrogens is 278 g/mol. The molecule has 0 bridgehead atoms. The zero-order valence-corrected chi connectivity index (χ0v) is 13.3. The van der Waals surface area contributed by atoms with Crippen LogP contribution in [0.25, 0.3) is 0 Å². The lowest BCUT2D eigenvalue weighted by atomic mass is 9.90. The van der Waals surface area contributed by atoms with Crippen molar-refractivity contribution in [1.82, 2.24) is 4.90 Å². The fourth-order valence-electron chi connectivity index (χ4n) is 3.45. The molecule has 4 heteroatoms. The summed E-state index contributed by atoms with van der Waals surface area (Å²) in [4.78, 5) is 14.5. The Morgan fingerprint density at radius 3 is 2.73 bits per heavy atom. The van der Waals surface area contributed by atoms with Crippen molar-refractivity contribution in [3.05, 3.63) is 35.9 Å². The first-order chi connectivity index (χ1) is 10.7. The molecule has 120 valence electrons. The van der Waals surface area contributed by atoms with Crippen molar-refractivity contribution in [3.8, 4) is 0 Å². The second-order valence-electron chi connectivity index (χ2n) is 6.38. The maximum Gasteiger partial charge on any atom is 0.222 e. The van der Waals surface area contributed by atoms with Gasteiger partial charge in [-0.05, 0) is 31.7 Å². The SMILES string of the molecule is CC1([C@H]2CCCN(C(=O)CCc3ccccc3)C2)OCCO1. The summed E-state index contributed by atoms with van der Waals surface area (Å²) < 4.78 is 11.6. The van der Waals surface area contributed by atoms with Gasteiger partial charge in [-0.15, -0.1) is 0 Å². The van der Waals surface area contributed by atoms with E-state index in [-0.39, 0.29) is 11.8 Å². The van der Waals surface area contributed by atoms with Crippen LogP contribution >= 0.6 is 0 Å². The molecule has 2 aliphatic heterocycles. The number of hydrogen-bond acceptors (Lipinski definition) is 3. The van der Waals surface area contributed by atoms with Crippen molar-refractivity contribution in [2.24, 2.45) is 5.92 Å². The van der Waals surface area contributed by atoms with E-state index >= 15 is 0 Å². The molecule has 0 unspecified atom stereocenters.